The minimum atomic E-state index is -0.751. The first-order valence-corrected chi connectivity index (χ1v) is 10.1. The van der Waals surface area contributed by atoms with Gasteiger partial charge in [-0.25, -0.2) is 0 Å². The SMILES string of the molecule is CCCC(O)(CCC)CN=C(NCC)NCCC(=O)NCc1ccccc1. The number of hydrogen-bond donors (Lipinski definition) is 4. The molecule has 1 aromatic rings. The maximum absolute atomic E-state index is 12.0. The first-order chi connectivity index (χ1) is 13.0. The Morgan fingerprint density at radius 3 is 2.30 bits per heavy atom. The van der Waals surface area contributed by atoms with Crippen molar-refractivity contribution >= 4 is 11.9 Å². The number of aliphatic imine (C=N–C) groups is 1. The summed E-state index contributed by atoms with van der Waals surface area (Å²) in [4.78, 5) is 16.5. The zero-order valence-electron chi connectivity index (χ0n) is 17.1. The molecule has 0 aromatic heterocycles. The number of benzene rings is 1. The fourth-order valence-electron chi connectivity index (χ4n) is 2.96. The quantitative estimate of drug-likeness (QED) is 0.334. The molecule has 0 bridgehead atoms. The molecule has 6 heteroatoms. The number of rotatable bonds is 12. The predicted molar refractivity (Wildman–Crippen MR) is 112 cm³/mol. The number of carbonyl (C=O) groups excluding carboxylic acids is 1. The van der Waals surface area contributed by atoms with Crippen molar-refractivity contribution in [3.63, 3.8) is 0 Å². The van der Waals surface area contributed by atoms with Crippen LogP contribution < -0.4 is 16.0 Å². The summed E-state index contributed by atoms with van der Waals surface area (Å²) in [7, 11) is 0. The standard InChI is InChI=1S/C21H36N4O2/c1-4-13-21(27,14-5-2)17-25-20(22-6-3)23-15-12-19(26)24-16-18-10-8-7-9-11-18/h7-11,27H,4-6,12-17H2,1-3H3,(H,24,26)(H2,22,23,25). The average molecular weight is 377 g/mol. The van der Waals surface area contributed by atoms with Crippen LogP contribution in [0.5, 0.6) is 0 Å². The van der Waals surface area contributed by atoms with Crippen LogP contribution in [-0.2, 0) is 11.3 Å². The van der Waals surface area contributed by atoms with Gasteiger partial charge in [0.15, 0.2) is 5.96 Å². The summed E-state index contributed by atoms with van der Waals surface area (Å²) >= 11 is 0. The Balaban J connectivity index is 2.43. The van der Waals surface area contributed by atoms with Crippen LogP contribution in [0.3, 0.4) is 0 Å². The van der Waals surface area contributed by atoms with E-state index in [0.717, 1.165) is 37.8 Å². The molecule has 0 aliphatic heterocycles. The summed E-state index contributed by atoms with van der Waals surface area (Å²) in [5.74, 6) is 0.634. The zero-order valence-corrected chi connectivity index (χ0v) is 17.1. The molecule has 0 unspecified atom stereocenters. The van der Waals surface area contributed by atoms with Crippen molar-refractivity contribution in [1.82, 2.24) is 16.0 Å². The number of nitrogens with zero attached hydrogens (tertiary/aromatic N) is 1. The normalized spacial score (nSPS) is 11.9. The van der Waals surface area contributed by atoms with Gasteiger partial charge in [0, 0.05) is 26.1 Å². The molecule has 0 atom stereocenters. The van der Waals surface area contributed by atoms with E-state index in [1.165, 1.54) is 0 Å². The summed E-state index contributed by atoms with van der Waals surface area (Å²) in [5, 5.41) is 19.9. The molecule has 0 aliphatic rings. The summed E-state index contributed by atoms with van der Waals surface area (Å²) in [6.45, 7) is 8.26. The molecule has 0 fully saturated rings. The fourth-order valence-corrected chi connectivity index (χ4v) is 2.96. The monoisotopic (exact) mass is 376 g/mol. The number of carbonyl (C=O) groups is 1. The van der Waals surface area contributed by atoms with Gasteiger partial charge in [-0.05, 0) is 25.3 Å². The molecule has 0 aliphatic carbocycles. The van der Waals surface area contributed by atoms with E-state index in [1.54, 1.807) is 0 Å². The summed E-state index contributed by atoms with van der Waals surface area (Å²) in [5.41, 5.74) is 0.332. The van der Waals surface area contributed by atoms with Crippen LogP contribution in [-0.4, -0.2) is 42.2 Å². The second-order valence-corrected chi connectivity index (χ2v) is 6.86. The molecule has 6 nitrogen and oxygen atoms in total. The van der Waals surface area contributed by atoms with Gasteiger partial charge in [0.25, 0.3) is 0 Å². The van der Waals surface area contributed by atoms with Gasteiger partial charge in [-0.2, -0.15) is 0 Å². The lowest BCUT2D eigenvalue weighted by Gasteiger charge is -2.26. The molecule has 1 amide bonds. The van der Waals surface area contributed by atoms with E-state index in [-0.39, 0.29) is 5.91 Å². The van der Waals surface area contributed by atoms with Crippen LogP contribution in [0.2, 0.25) is 0 Å². The molecule has 0 saturated carbocycles. The smallest absolute Gasteiger partial charge is 0.222 e. The predicted octanol–water partition coefficient (Wildman–Crippen LogP) is 2.58. The van der Waals surface area contributed by atoms with Gasteiger partial charge in [-0.3, -0.25) is 9.79 Å². The highest BCUT2D eigenvalue weighted by Crippen LogP contribution is 2.19. The average Bonchev–Trinajstić information content (AvgIpc) is 2.66. The number of nitrogens with one attached hydrogen (secondary N) is 3. The summed E-state index contributed by atoms with van der Waals surface area (Å²) in [6, 6.07) is 9.85. The lowest BCUT2D eigenvalue weighted by atomic mass is 9.93. The molecule has 0 spiro atoms. The second-order valence-electron chi connectivity index (χ2n) is 6.86. The van der Waals surface area contributed by atoms with Crippen molar-refractivity contribution in [2.45, 2.75) is 65.0 Å². The van der Waals surface area contributed by atoms with Gasteiger partial charge in [0.1, 0.15) is 0 Å². The van der Waals surface area contributed by atoms with Gasteiger partial charge < -0.3 is 21.1 Å². The number of guanidine groups is 1. The van der Waals surface area contributed by atoms with Crippen LogP contribution in [0.1, 0.15) is 58.4 Å². The zero-order chi connectivity index (χ0) is 20.0. The molecule has 27 heavy (non-hydrogen) atoms. The highest BCUT2D eigenvalue weighted by molar-refractivity contribution is 5.81. The Kier molecular flexibility index (Phi) is 11.2. The first-order valence-electron chi connectivity index (χ1n) is 10.1. The van der Waals surface area contributed by atoms with Gasteiger partial charge in [0.2, 0.25) is 5.91 Å². The molecule has 4 N–H and O–H groups in total. The van der Waals surface area contributed by atoms with E-state index in [2.05, 4.69) is 34.8 Å². The highest BCUT2D eigenvalue weighted by atomic mass is 16.3. The third-order valence-electron chi connectivity index (χ3n) is 4.28. The maximum atomic E-state index is 12.0. The van der Waals surface area contributed by atoms with Crippen LogP contribution in [0.15, 0.2) is 35.3 Å². The van der Waals surface area contributed by atoms with Crippen molar-refractivity contribution in [2.75, 3.05) is 19.6 Å². The van der Waals surface area contributed by atoms with Gasteiger partial charge in [-0.1, -0.05) is 57.0 Å². The molecular weight excluding hydrogens is 340 g/mol. The lowest BCUT2D eigenvalue weighted by molar-refractivity contribution is -0.121. The first kappa shape index (κ1) is 23.0. The second kappa shape index (κ2) is 13.1. The Labute approximate surface area is 163 Å². The third-order valence-corrected chi connectivity index (χ3v) is 4.28. The Morgan fingerprint density at radius 1 is 1.04 bits per heavy atom. The van der Waals surface area contributed by atoms with Crippen molar-refractivity contribution in [3.05, 3.63) is 35.9 Å². The number of amides is 1. The van der Waals surface area contributed by atoms with Gasteiger partial charge in [0.05, 0.1) is 12.1 Å². The van der Waals surface area contributed by atoms with Gasteiger partial charge >= 0.3 is 0 Å². The molecule has 152 valence electrons. The van der Waals surface area contributed by atoms with E-state index in [0.29, 0.717) is 32.0 Å². The fraction of sp³-hybridized carbons (Fsp3) is 0.619. The van der Waals surface area contributed by atoms with E-state index < -0.39 is 5.60 Å². The van der Waals surface area contributed by atoms with Crippen molar-refractivity contribution < 1.29 is 9.90 Å². The van der Waals surface area contributed by atoms with E-state index in [4.69, 9.17) is 0 Å². The topological polar surface area (TPSA) is 85.8 Å². The molecule has 0 heterocycles. The van der Waals surface area contributed by atoms with Crippen LogP contribution in [0.4, 0.5) is 0 Å². The Bertz CT molecular complexity index is 555. The van der Waals surface area contributed by atoms with Crippen molar-refractivity contribution in [2.24, 2.45) is 4.99 Å². The van der Waals surface area contributed by atoms with Gasteiger partial charge in [-0.15, -0.1) is 0 Å². The van der Waals surface area contributed by atoms with Crippen LogP contribution in [0, 0.1) is 0 Å². The van der Waals surface area contributed by atoms with Crippen LogP contribution >= 0.6 is 0 Å². The Hall–Kier alpha value is -2.08. The summed E-state index contributed by atoms with van der Waals surface area (Å²) < 4.78 is 0. The third kappa shape index (κ3) is 9.99. The highest BCUT2D eigenvalue weighted by Gasteiger charge is 2.24. The van der Waals surface area contributed by atoms with E-state index in [9.17, 15) is 9.90 Å². The van der Waals surface area contributed by atoms with E-state index in [1.807, 2.05) is 37.3 Å². The largest absolute Gasteiger partial charge is 0.388 e. The van der Waals surface area contributed by atoms with Crippen molar-refractivity contribution in [3.8, 4) is 0 Å². The molecule has 0 saturated heterocycles. The molecular formula is C21H36N4O2. The minimum Gasteiger partial charge on any atom is -0.388 e. The summed E-state index contributed by atoms with van der Waals surface area (Å²) in [6.07, 6.45) is 3.71. The number of aliphatic hydroxyl groups is 1. The van der Waals surface area contributed by atoms with Crippen molar-refractivity contribution in [1.29, 1.82) is 0 Å². The van der Waals surface area contributed by atoms with E-state index >= 15 is 0 Å². The van der Waals surface area contributed by atoms with Crippen LogP contribution in [0.25, 0.3) is 0 Å². The molecule has 1 aromatic carbocycles. The maximum Gasteiger partial charge on any atom is 0.222 e. The lowest BCUT2D eigenvalue weighted by Crippen LogP contribution is -2.41. The number of hydrogen-bond acceptors (Lipinski definition) is 3. The molecule has 0 radical (unpaired) electrons. The molecule has 1 rings (SSSR count). The minimum absolute atomic E-state index is 0.00401. The Morgan fingerprint density at radius 2 is 1.70 bits per heavy atom.